The molecule has 0 spiro atoms. The second kappa shape index (κ2) is 11.7. The number of hydrogen-bond acceptors (Lipinski definition) is 3. The van der Waals surface area contributed by atoms with Crippen molar-refractivity contribution in [2.45, 2.75) is 45.9 Å². The SMILES string of the molecule is CCOCc1ccccc1CN=C(N)NCC1CCCN1CC.I. The van der Waals surface area contributed by atoms with Gasteiger partial charge in [0.15, 0.2) is 5.96 Å². The molecule has 1 aromatic carbocycles. The zero-order valence-electron chi connectivity index (χ0n) is 14.8. The predicted molar refractivity (Wildman–Crippen MR) is 111 cm³/mol. The minimum atomic E-state index is 0. The highest BCUT2D eigenvalue weighted by molar-refractivity contribution is 14.0. The van der Waals surface area contributed by atoms with Gasteiger partial charge in [-0.2, -0.15) is 0 Å². The molecule has 0 aliphatic carbocycles. The van der Waals surface area contributed by atoms with E-state index < -0.39 is 0 Å². The standard InChI is InChI=1S/C18H30N4O.HI/c1-3-22-11-7-10-17(22)13-21-18(19)20-12-15-8-5-6-9-16(15)14-23-4-2;/h5-6,8-9,17H,3-4,7,10-14H2,1-2H3,(H3,19,20,21);1H. The van der Waals surface area contributed by atoms with Crippen LogP contribution < -0.4 is 11.1 Å². The van der Waals surface area contributed by atoms with Crippen LogP contribution in [0.25, 0.3) is 0 Å². The zero-order valence-corrected chi connectivity index (χ0v) is 17.2. The molecule has 3 N–H and O–H groups in total. The van der Waals surface area contributed by atoms with Gasteiger partial charge in [-0.15, -0.1) is 24.0 Å². The van der Waals surface area contributed by atoms with E-state index in [1.807, 2.05) is 19.1 Å². The molecule has 136 valence electrons. The number of halogens is 1. The lowest BCUT2D eigenvalue weighted by molar-refractivity contribution is 0.133. The number of ether oxygens (including phenoxy) is 1. The fraction of sp³-hybridized carbons (Fsp3) is 0.611. The molecule has 24 heavy (non-hydrogen) atoms. The number of rotatable bonds is 8. The maximum Gasteiger partial charge on any atom is 0.188 e. The van der Waals surface area contributed by atoms with Gasteiger partial charge in [0.1, 0.15) is 0 Å². The minimum absolute atomic E-state index is 0. The topological polar surface area (TPSA) is 62.9 Å². The van der Waals surface area contributed by atoms with Crippen LogP contribution in [0.3, 0.4) is 0 Å². The van der Waals surface area contributed by atoms with Gasteiger partial charge in [-0.25, -0.2) is 4.99 Å². The first kappa shape index (κ1) is 21.2. The molecule has 1 saturated heterocycles. The molecule has 1 aromatic rings. The fourth-order valence-electron chi connectivity index (χ4n) is 3.06. The van der Waals surface area contributed by atoms with E-state index in [4.69, 9.17) is 10.5 Å². The van der Waals surface area contributed by atoms with Crippen molar-refractivity contribution in [2.24, 2.45) is 10.7 Å². The first-order chi connectivity index (χ1) is 11.2. The van der Waals surface area contributed by atoms with Crippen LogP contribution in [0.15, 0.2) is 29.3 Å². The van der Waals surface area contributed by atoms with E-state index in [0.717, 1.165) is 19.7 Å². The highest BCUT2D eigenvalue weighted by atomic mass is 127. The van der Waals surface area contributed by atoms with Gasteiger partial charge in [0, 0.05) is 19.2 Å². The van der Waals surface area contributed by atoms with E-state index in [2.05, 4.69) is 34.3 Å². The van der Waals surface area contributed by atoms with Crippen molar-refractivity contribution >= 4 is 29.9 Å². The van der Waals surface area contributed by atoms with Crippen LogP contribution >= 0.6 is 24.0 Å². The largest absolute Gasteiger partial charge is 0.377 e. The van der Waals surface area contributed by atoms with Crippen LogP contribution in [-0.2, 0) is 17.9 Å². The van der Waals surface area contributed by atoms with Crippen LogP contribution in [0.5, 0.6) is 0 Å². The number of hydrogen-bond donors (Lipinski definition) is 2. The second-order valence-electron chi connectivity index (χ2n) is 5.91. The Bertz CT molecular complexity index is 510. The van der Waals surface area contributed by atoms with Crippen LogP contribution in [0, 0.1) is 0 Å². The monoisotopic (exact) mass is 446 g/mol. The third kappa shape index (κ3) is 6.57. The Balaban J connectivity index is 0.00000288. The molecule has 2 rings (SSSR count). The highest BCUT2D eigenvalue weighted by Crippen LogP contribution is 2.15. The van der Waals surface area contributed by atoms with Crippen molar-refractivity contribution in [3.8, 4) is 0 Å². The zero-order chi connectivity index (χ0) is 16.5. The number of guanidine groups is 1. The summed E-state index contributed by atoms with van der Waals surface area (Å²) in [4.78, 5) is 6.98. The smallest absolute Gasteiger partial charge is 0.188 e. The second-order valence-corrected chi connectivity index (χ2v) is 5.91. The predicted octanol–water partition coefficient (Wildman–Crippen LogP) is 2.73. The van der Waals surface area contributed by atoms with Crippen molar-refractivity contribution < 1.29 is 4.74 Å². The maximum atomic E-state index is 6.03. The Kier molecular flexibility index (Phi) is 10.3. The van der Waals surface area contributed by atoms with Gasteiger partial charge < -0.3 is 15.8 Å². The number of nitrogens with zero attached hydrogens (tertiary/aromatic N) is 2. The highest BCUT2D eigenvalue weighted by Gasteiger charge is 2.22. The molecule has 1 unspecified atom stereocenters. The maximum absolute atomic E-state index is 6.03. The van der Waals surface area contributed by atoms with E-state index in [9.17, 15) is 0 Å². The molecule has 0 radical (unpaired) electrons. The Morgan fingerprint density at radius 2 is 2.08 bits per heavy atom. The number of nitrogens with two attached hydrogens (primary N) is 1. The van der Waals surface area contributed by atoms with Crippen molar-refractivity contribution in [3.63, 3.8) is 0 Å². The first-order valence-corrected chi connectivity index (χ1v) is 8.67. The van der Waals surface area contributed by atoms with Crippen molar-refractivity contribution in [2.75, 3.05) is 26.2 Å². The molecule has 1 heterocycles. The number of nitrogens with one attached hydrogen (secondary N) is 1. The number of benzene rings is 1. The van der Waals surface area contributed by atoms with Gasteiger partial charge in [-0.05, 0) is 44.0 Å². The Hall–Kier alpha value is -0.860. The van der Waals surface area contributed by atoms with Crippen molar-refractivity contribution in [1.29, 1.82) is 0 Å². The molecule has 1 atom stereocenters. The average Bonchev–Trinajstić information content (AvgIpc) is 3.04. The van der Waals surface area contributed by atoms with Gasteiger partial charge in [-0.3, -0.25) is 4.90 Å². The van der Waals surface area contributed by atoms with Crippen LogP contribution in [0.2, 0.25) is 0 Å². The van der Waals surface area contributed by atoms with Crippen LogP contribution in [0.4, 0.5) is 0 Å². The van der Waals surface area contributed by atoms with Gasteiger partial charge in [0.25, 0.3) is 0 Å². The number of aliphatic imine (C=N–C) groups is 1. The van der Waals surface area contributed by atoms with E-state index in [1.165, 1.54) is 30.5 Å². The molecule has 1 fully saturated rings. The van der Waals surface area contributed by atoms with E-state index in [1.54, 1.807) is 0 Å². The average molecular weight is 446 g/mol. The summed E-state index contributed by atoms with van der Waals surface area (Å²) in [5.74, 6) is 0.527. The van der Waals surface area contributed by atoms with Crippen LogP contribution in [0.1, 0.15) is 37.8 Å². The summed E-state index contributed by atoms with van der Waals surface area (Å²) in [7, 11) is 0. The summed E-state index contributed by atoms with van der Waals surface area (Å²) in [6.45, 7) is 9.34. The summed E-state index contributed by atoms with van der Waals surface area (Å²) < 4.78 is 5.51. The fourth-order valence-corrected chi connectivity index (χ4v) is 3.06. The lowest BCUT2D eigenvalue weighted by Crippen LogP contribution is -2.42. The summed E-state index contributed by atoms with van der Waals surface area (Å²) in [5, 5.41) is 3.28. The quantitative estimate of drug-likeness (QED) is 0.366. The first-order valence-electron chi connectivity index (χ1n) is 8.67. The van der Waals surface area contributed by atoms with Gasteiger partial charge in [-0.1, -0.05) is 31.2 Å². The lowest BCUT2D eigenvalue weighted by Gasteiger charge is -2.23. The molecule has 5 nitrogen and oxygen atoms in total. The van der Waals surface area contributed by atoms with Gasteiger partial charge in [0.05, 0.1) is 13.2 Å². The van der Waals surface area contributed by atoms with E-state index >= 15 is 0 Å². The summed E-state index contributed by atoms with van der Waals surface area (Å²) in [6, 6.07) is 8.81. The van der Waals surface area contributed by atoms with Gasteiger partial charge in [0.2, 0.25) is 0 Å². The molecule has 6 heteroatoms. The van der Waals surface area contributed by atoms with Crippen molar-refractivity contribution in [1.82, 2.24) is 10.2 Å². The molecule has 0 amide bonds. The van der Waals surface area contributed by atoms with E-state index in [0.29, 0.717) is 25.2 Å². The Morgan fingerprint density at radius 1 is 1.33 bits per heavy atom. The normalized spacial score (nSPS) is 18.4. The molecular weight excluding hydrogens is 415 g/mol. The Morgan fingerprint density at radius 3 is 2.79 bits per heavy atom. The Labute approximate surface area is 163 Å². The van der Waals surface area contributed by atoms with Crippen LogP contribution in [-0.4, -0.2) is 43.1 Å². The number of likely N-dealkylation sites (tertiary alicyclic amines) is 1. The van der Waals surface area contributed by atoms with E-state index in [-0.39, 0.29) is 24.0 Å². The summed E-state index contributed by atoms with van der Waals surface area (Å²) in [6.07, 6.45) is 2.52. The lowest BCUT2D eigenvalue weighted by atomic mass is 10.1. The number of likely N-dealkylation sites (N-methyl/N-ethyl adjacent to an activating group) is 1. The molecule has 1 aliphatic rings. The summed E-state index contributed by atoms with van der Waals surface area (Å²) in [5.41, 5.74) is 8.37. The van der Waals surface area contributed by atoms with Gasteiger partial charge >= 0.3 is 0 Å². The molecule has 0 bridgehead atoms. The molecule has 1 aliphatic heterocycles. The molecule has 0 aromatic heterocycles. The molecule has 0 saturated carbocycles. The minimum Gasteiger partial charge on any atom is -0.377 e. The third-order valence-electron chi connectivity index (χ3n) is 4.42. The third-order valence-corrected chi connectivity index (χ3v) is 4.42. The van der Waals surface area contributed by atoms with Crippen molar-refractivity contribution in [3.05, 3.63) is 35.4 Å². The molecular formula is C18H31IN4O. The summed E-state index contributed by atoms with van der Waals surface area (Å²) >= 11 is 0.